The molecular weight excluding hydrogens is 443 g/mol. The summed E-state index contributed by atoms with van der Waals surface area (Å²) in [6.07, 6.45) is 3.09. The van der Waals surface area contributed by atoms with E-state index in [0.717, 1.165) is 37.8 Å². The summed E-state index contributed by atoms with van der Waals surface area (Å²) < 4.78 is 0. The number of aromatic hydroxyl groups is 1. The van der Waals surface area contributed by atoms with Gasteiger partial charge in [-0.05, 0) is 50.3 Å². The summed E-state index contributed by atoms with van der Waals surface area (Å²) in [6.45, 7) is 9.42. The number of halogens is 1. The van der Waals surface area contributed by atoms with Crippen molar-refractivity contribution in [3.63, 3.8) is 0 Å². The Morgan fingerprint density at radius 2 is 1.88 bits per heavy atom. The number of rotatable bonds is 10. The molecule has 0 bridgehead atoms. The van der Waals surface area contributed by atoms with Crippen molar-refractivity contribution < 1.29 is 9.90 Å². The van der Waals surface area contributed by atoms with Crippen LogP contribution in [0, 0.1) is 5.92 Å². The Bertz CT molecular complexity index is 550. The van der Waals surface area contributed by atoms with Crippen LogP contribution in [0.15, 0.2) is 29.3 Å². The van der Waals surface area contributed by atoms with E-state index in [1.807, 2.05) is 6.92 Å². The minimum atomic E-state index is -0.182. The maximum Gasteiger partial charge on any atom is 0.251 e. The van der Waals surface area contributed by atoms with Crippen LogP contribution in [0.2, 0.25) is 0 Å². The zero-order valence-corrected chi connectivity index (χ0v) is 18.4. The number of amides is 1. The van der Waals surface area contributed by atoms with Gasteiger partial charge >= 0.3 is 0 Å². The number of nitrogens with zero attached hydrogens (tertiary/aromatic N) is 1. The van der Waals surface area contributed by atoms with Crippen molar-refractivity contribution in [3.05, 3.63) is 29.8 Å². The average Bonchev–Trinajstić information content (AvgIpc) is 2.57. The van der Waals surface area contributed by atoms with E-state index in [-0.39, 0.29) is 35.6 Å². The van der Waals surface area contributed by atoms with Crippen molar-refractivity contribution in [2.45, 2.75) is 40.0 Å². The van der Waals surface area contributed by atoms with Crippen LogP contribution in [-0.4, -0.2) is 43.2 Å². The molecule has 1 aromatic rings. The average molecular weight is 476 g/mol. The fraction of sp³-hybridized carbons (Fsp3) is 0.579. The van der Waals surface area contributed by atoms with Crippen molar-refractivity contribution in [2.75, 3.05) is 26.2 Å². The SMILES string of the molecule is CCNC(=NCCCNC(=O)c1cccc(O)c1)NCCCC(C)C.I. The van der Waals surface area contributed by atoms with Crippen LogP contribution < -0.4 is 16.0 Å². The lowest BCUT2D eigenvalue weighted by Crippen LogP contribution is -2.38. The number of benzene rings is 1. The third-order valence-electron chi connectivity index (χ3n) is 3.59. The van der Waals surface area contributed by atoms with Gasteiger partial charge in [0.25, 0.3) is 5.91 Å². The first kappa shape index (κ1) is 24.5. The Labute approximate surface area is 174 Å². The van der Waals surface area contributed by atoms with Gasteiger partial charge in [0.15, 0.2) is 5.96 Å². The van der Waals surface area contributed by atoms with Crippen LogP contribution in [-0.2, 0) is 0 Å². The van der Waals surface area contributed by atoms with E-state index in [1.165, 1.54) is 12.5 Å². The topological polar surface area (TPSA) is 85.8 Å². The molecule has 0 aliphatic rings. The number of hydrogen-bond donors (Lipinski definition) is 4. The molecule has 0 aliphatic carbocycles. The lowest BCUT2D eigenvalue weighted by Gasteiger charge is -2.12. The maximum absolute atomic E-state index is 11.9. The smallest absolute Gasteiger partial charge is 0.251 e. The molecule has 6 nitrogen and oxygen atoms in total. The lowest BCUT2D eigenvalue weighted by molar-refractivity contribution is 0.0953. The highest BCUT2D eigenvalue weighted by molar-refractivity contribution is 14.0. The predicted octanol–water partition coefficient (Wildman–Crippen LogP) is 3.12. The molecule has 148 valence electrons. The third kappa shape index (κ3) is 11.2. The molecule has 0 aliphatic heterocycles. The Kier molecular flexibility index (Phi) is 13.8. The molecule has 0 unspecified atom stereocenters. The van der Waals surface area contributed by atoms with Gasteiger partial charge in [0.1, 0.15) is 5.75 Å². The van der Waals surface area contributed by atoms with Crippen LogP contribution in [0.3, 0.4) is 0 Å². The first-order chi connectivity index (χ1) is 12.0. The highest BCUT2D eigenvalue weighted by Gasteiger charge is 2.05. The minimum absolute atomic E-state index is 0. The molecule has 4 N–H and O–H groups in total. The number of aliphatic imine (C=N–C) groups is 1. The molecule has 0 atom stereocenters. The number of guanidine groups is 1. The number of hydrogen-bond acceptors (Lipinski definition) is 3. The zero-order chi connectivity index (χ0) is 18.5. The molecular formula is C19H33IN4O2. The van der Waals surface area contributed by atoms with Crippen molar-refractivity contribution in [3.8, 4) is 5.75 Å². The lowest BCUT2D eigenvalue weighted by atomic mass is 10.1. The molecule has 0 spiro atoms. The quantitative estimate of drug-likeness (QED) is 0.181. The van der Waals surface area contributed by atoms with Gasteiger partial charge in [-0.3, -0.25) is 9.79 Å². The van der Waals surface area contributed by atoms with Gasteiger partial charge in [0.05, 0.1) is 0 Å². The zero-order valence-electron chi connectivity index (χ0n) is 16.0. The van der Waals surface area contributed by atoms with E-state index < -0.39 is 0 Å². The molecule has 1 rings (SSSR count). The molecule has 0 radical (unpaired) electrons. The molecule has 0 aromatic heterocycles. The molecule has 1 aromatic carbocycles. The van der Waals surface area contributed by atoms with Gasteiger partial charge in [-0.15, -0.1) is 24.0 Å². The second kappa shape index (κ2) is 14.6. The maximum atomic E-state index is 11.9. The number of carbonyl (C=O) groups is 1. The summed E-state index contributed by atoms with van der Waals surface area (Å²) in [5, 5.41) is 18.8. The minimum Gasteiger partial charge on any atom is -0.508 e. The second-order valence-corrected chi connectivity index (χ2v) is 6.38. The first-order valence-corrected chi connectivity index (χ1v) is 9.12. The molecule has 26 heavy (non-hydrogen) atoms. The monoisotopic (exact) mass is 476 g/mol. The summed E-state index contributed by atoms with van der Waals surface area (Å²) in [7, 11) is 0. The van der Waals surface area contributed by atoms with Gasteiger partial charge in [-0.25, -0.2) is 0 Å². The predicted molar refractivity (Wildman–Crippen MR) is 119 cm³/mol. The van der Waals surface area contributed by atoms with Crippen molar-refractivity contribution in [2.24, 2.45) is 10.9 Å². The van der Waals surface area contributed by atoms with E-state index in [1.54, 1.807) is 18.2 Å². The number of nitrogens with one attached hydrogen (secondary N) is 3. The van der Waals surface area contributed by atoms with Crippen LogP contribution in [0.25, 0.3) is 0 Å². The van der Waals surface area contributed by atoms with E-state index in [4.69, 9.17) is 0 Å². The number of phenols is 1. The van der Waals surface area contributed by atoms with Gasteiger partial charge in [-0.2, -0.15) is 0 Å². The molecule has 0 fully saturated rings. The highest BCUT2D eigenvalue weighted by Crippen LogP contribution is 2.10. The Balaban J connectivity index is 0.00000625. The Hall–Kier alpha value is -1.51. The fourth-order valence-electron chi connectivity index (χ4n) is 2.28. The van der Waals surface area contributed by atoms with Crippen molar-refractivity contribution in [1.29, 1.82) is 0 Å². The van der Waals surface area contributed by atoms with E-state index in [2.05, 4.69) is 34.8 Å². The van der Waals surface area contributed by atoms with E-state index in [9.17, 15) is 9.90 Å². The van der Waals surface area contributed by atoms with Gasteiger partial charge in [0, 0.05) is 31.7 Å². The van der Waals surface area contributed by atoms with Gasteiger partial charge in [-0.1, -0.05) is 19.9 Å². The first-order valence-electron chi connectivity index (χ1n) is 9.12. The van der Waals surface area contributed by atoms with Crippen LogP contribution in [0.4, 0.5) is 0 Å². The van der Waals surface area contributed by atoms with E-state index >= 15 is 0 Å². The Morgan fingerprint density at radius 1 is 1.15 bits per heavy atom. The highest BCUT2D eigenvalue weighted by atomic mass is 127. The standard InChI is InChI=1S/C19H32N4O2.HI/c1-4-20-19(22-11-6-8-15(2)3)23-13-7-12-21-18(25)16-9-5-10-17(24)14-16;/h5,9-10,14-15,24H,4,6-8,11-13H2,1-3H3,(H,21,25)(H2,20,22,23);1H. The molecule has 0 saturated carbocycles. The summed E-state index contributed by atoms with van der Waals surface area (Å²) in [5.41, 5.74) is 0.462. The molecule has 7 heteroatoms. The third-order valence-corrected chi connectivity index (χ3v) is 3.59. The fourth-order valence-corrected chi connectivity index (χ4v) is 2.28. The van der Waals surface area contributed by atoms with Crippen molar-refractivity contribution in [1.82, 2.24) is 16.0 Å². The summed E-state index contributed by atoms with van der Waals surface area (Å²) in [6, 6.07) is 6.33. The number of carbonyl (C=O) groups excluding carboxylic acids is 1. The summed E-state index contributed by atoms with van der Waals surface area (Å²) in [4.78, 5) is 16.5. The summed E-state index contributed by atoms with van der Waals surface area (Å²) >= 11 is 0. The summed E-state index contributed by atoms with van der Waals surface area (Å²) in [5.74, 6) is 1.46. The van der Waals surface area contributed by atoms with E-state index in [0.29, 0.717) is 18.7 Å². The van der Waals surface area contributed by atoms with Crippen molar-refractivity contribution >= 4 is 35.8 Å². The normalized spacial score (nSPS) is 11.0. The van der Waals surface area contributed by atoms with Gasteiger partial charge < -0.3 is 21.1 Å². The molecule has 0 heterocycles. The number of phenolic OH excluding ortho intramolecular Hbond substituents is 1. The van der Waals surface area contributed by atoms with Crippen LogP contribution in [0.5, 0.6) is 5.75 Å². The largest absolute Gasteiger partial charge is 0.508 e. The van der Waals surface area contributed by atoms with Gasteiger partial charge in [0.2, 0.25) is 0 Å². The Morgan fingerprint density at radius 3 is 2.54 bits per heavy atom. The second-order valence-electron chi connectivity index (χ2n) is 6.38. The van der Waals surface area contributed by atoms with Crippen LogP contribution in [0.1, 0.15) is 50.4 Å². The van der Waals surface area contributed by atoms with Crippen LogP contribution >= 0.6 is 24.0 Å². The molecule has 0 saturated heterocycles. The molecule has 1 amide bonds.